The molecule has 1 aliphatic heterocycles. The molecule has 0 atom stereocenters. The van der Waals surface area contributed by atoms with Crippen LogP contribution in [0.25, 0.3) is 10.2 Å². The van der Waals surface area contributed by atoms with Crippen LogP contribution < -0.4 is 4.72 Å². The summed E-state index contributed by atoms with van der Waals surface area (Å²) < 4.78 is 27.4. The Labute approximate surface area is 158 Å². The SMILES string of the molecule is CCCCS(=O)(=O)Nc1nc2ccc(C(=O)N3CCN(C)CC3)cc2s1. The summed E-state index contributed by atoms with van der Waals surface area (Å²) in [5.41, 5.74) is 1.31. The summed E-state index contributed by atoms with van der Waals surface area (Å²) in [6.45, 7) is 5.14. The highest BCUT2D eigenvalue weighted by Crippen LogP contribution is 2.28. The summed E-state index contributed by atoms with van der Waals surface area (Å²) in [4.78, 5) is 21.1. The number of amides is 1. The third-order valence-corrected chi connectivity index (χ3v) is 6.83. The van der Waals surface area contributed by atoms with Gasteiger partial charge in [0.05, 0.1) is 16.0 Å². The smallest absolute Gasteiger partial charge is 0.253 e. The quantitative estimate of drug-likeness (QED) is 0.810. The highest BCUT2D eigenvalue weighted by molar-refractivity contribution is 7.92. The van der Waals surface area contributed by atoms with Gasteiger partial charge in [-0.15, -0.1) is 0 Å². The number of nitrogens with one attached hydrogen (secondary N) is 1. The summed E-state index contributed by atoms with van der Waals surface area (Å²) in [7, 11) is -1.33. The Morgan fingerprint density at radius 1 is 1.27 bits per heavy atom. The second-order valence-corrected chi connectivity index (χ2v) is 9.44. The van der Waals surface area contributed by atoms with Crippen LogP contribution in [0.5, 0.6) is 0 Å². The molecule has 0 radical (unpaired) electrons. The number of benzene rings is 1. The number of hydrogen-bond acceptors (Lipinski definition) is 6. The number of aromatic nitrogens is 1. The minimum absolute atomic E-state index is 0.0125. The second kappa shape index (κ2) is 7.89. The first-order valence-corrected chi connectivity index (χ1v) is 11.2. The molecule has 1 N–H and O–H groups in total. The average molecular weight is 397 g/mol. The minimum Gasteiger partial charge on any atom is -0.336 e. The second-order valence-electron chi connectivity index (χ2n) is 6.57. The number of sulfonamides is 1. The topological polar surface area (TPSA) is 82.6 Å². The molecule has 1 aliphatic rings. The van der Waals surface area contributed by atoms with Gasteiger partial charge in [-0.2, -0.15) is 0 Å². The maximum absolute atomic E-state index is 12.7. The minimum atomic E-state index is -3.38. The normalized spacial score (nSPS) is 16.2. The zero-order chi connectivity index (χ0) is 18.7. The van der Waals surface area contributed by atoms with E-state index >= 15 is 0 Å². The first-order valence-electron chi connectivity index (χ1n) is 8.77. The van der Waals surface area contributed by atoms with E-state index in [4.69, 9.17) is 0 Å². The van der Waals surface area contributed by atoms with Crippen LogP contribution in [0, 0.1) is 0 Å². The van der Waals surface area contributed by atoms with Crippen LogP contribution in [0.15, 0.2) is 18.2 Å². The van der Waals surface area contributed by atoms with E-state index in [0.29, 0.717) is 22.6 Å². The zero-order valence-corrected chi connectivity index (χ0v) is 16.7. The van der Waals surface area contributed by atoms with Gasteiger partial charge in [0.25, 0.3) is 5.91 Å². The lowest BCUT2D eigenvalue weighted by atomic mass is 10.1. The number of carbonyl (C=O) groups is 1. The molecule has 1 aromatic heterocycles. The van der Waals surface area contributed by atoms with Gasteiger partial charge in [-0.05, 0) is 31.7 Å². The van der Waals surface area contributed by atoms with Gasteiger partial charge in [0.1, 0.15) is 0 Å². The van der Waals surface area contributed by atoms with E-state index < -0.39 is 10.0 Å². The third kappa shape index (κ3) is 4.52. The van der Waals surface area contributed by atoms with Crippen molar-refractivity contribution >= 4 is 42.6 Å². The maximum Gasteiger partial charge on any atom is 0.253 e. The Morgan fingerprint density at radius 2 is 2.00 bits per heavy atom. The van der Waals surface area contributed by atoms with E-state index in [1.807, 2.05) is 18.9 Å². The first kappa shape index (κ1) is 19.1. The van der Waals surface area contributed by atoms with Crippen molar-refractivity contribution in [1.29, 1.82) is 0 Å². The molecule has 1 amide bonds. The van der Waals surface area contributed by atoms with Crippen LogP contribution in [-0.2, 0) is 10.0 Å². The molecular weight excluding hydrogens is 372 g/mol. The van der Waals surface area contributed by atoms with Crippen molar-refractivity contribution in [3.63, 3.8) is 0 Å². The molecule has 7 nitrogen and oxygen atoms in total. The van der Waals surface area contributed by atoms with Crippen LogP contribution in [0.1, 0.15) is 30.1 Å². The van der Waals surface area contributed by atoms with Gasteiger partial charge < -0.3 is 9.80 Å². The van der Waals surface area contributed by atoms with Crippen molar-refractivity contribution in [2.45, 2.75) is 19.8 Å². The lowest BCUT2D eigenvalue weighted by molar-refractivity contribution is 0.0664. The monoisotopic (exact) mass is 396 g/mol. The number of nitrogens with zero attached hydrogens (tertiary/aromatic N) is 3. The molecule has 142 valence electrons. The van der Waals surface area contributed by atoms with Gasteiger partial charge in [-0.25, -0.2) is 13.4 Å². The number of rotatable bonds is 6. The van der Waals surface area contributed by atoms with Crippen LogP contribution in [0.4, 0.5) is 5.13 Å². The van der Waals surface area contributed by atoms with E-state index in [-0.39, 0.29) is 11.7 Å². The molecule has 0 bridgehead atoms. The van der Waals surface area contributed by atoms with Crippen molar-refractivity contribution in [3.05, 3.63) is 23.8 Å². The van der Waals surface area contributed by atoms with Crippen molar-refractivity contribution in [1.82, 2.24) is 14.8 Å². The Balaban J connectivity index is 1.76. The summed E-state index contributed by atoms with van der Waals surface area (Å²) in [6.07, 6.45) is 1.43. The molecule has 0 unspecified atom stereocenters. The molecule has 26 heavy (non-hydrogen) atoms. The fourth-order valence-electron chi connectivity index (χ4n) is 2.81. The predicted molar refractivity (Wildman–Crippen MR) is 105 cm³/mol. The van der Waals surface area contributed by atoms with Crippen LogP contribution >= 0.6 is 11.3 Å². The van der Waals surface area contributed by atoms with Crippen LogP contribution in [-0.4, -0.2) is 68.1 Å². The molecule has 0 aliphatic carbocycles. The third-order valence-electron chi connectivity index (χ3n) is 4.44. The lowest BCUT2D eigenvalue weighted by Crippen LogP contribution is -2.47. The number of anilines is 1. The van der Waals surface area contributed by atoms with Crippen molar-refractivity contribution in [3.8, 4) is 0 Å². The van der Waals surface area contributed by atoms with Gasteiger partial charge in [0, 0.05) is 31.7 Å². The van der Waals surface area contributed by atoms with Gasteiger partial charge in [0.2, 0.25) is 10.0 Å². The molecular formula is C17H24N4O3S2. The van der Waals surface area contributed by atoms with E-state index in [1.54, 1.807) is 18.2 Å². The highest BCUT2D eigenvalue weighted by atomic mass is 32.2. The number of piperazine rings is 1. The number of thiazole rings is 1. The standard InChI is InChI=1S/C17H24N4O3S2/c1-3-4-11-26(23,24)19-17-18-14-6-5-13(12-15(14)25-17)16(22)21-9-7-20(2)8-10-21/h5-6,12H,3-4,7-11H2,1-2H3,(H,18,19). The Hall–Kier alpha value is -1.71. The molecule has 1 fully saturated rings. The molecule has 2 aromatic rings. The van der Waals surface area contributed by atoms with Crippen molar-refractivity contribution in [2.75, 3.05) is 43.7 Å². The highest BCUT2D eigenvalue weighted by Gasteiger charge is 2.21. The predicted octanol–water partition coefficient (Wildman–Crippen LogP) is 2.23. The van der Waals surface area contributed by atoms with E-state index in [2.05, 4.69) is 14.6 Å². The van der Waals surface area contributed by atoms with E-state index in [1.165, 1.54) is 11.3 Å². The Kier molecular flexibility index (Phi) is 5.79. The van der Waals surface area contributed by atoms with Crippen LogP contribution in [0.2, 0.25) is 0 Å². The van der Waals surface area contributed by atoms with Gasteiger partial charge in [-0.1, -0.05) is 24.7 Å². The summed E-state index contributed by atoms with van der Waals surface area (Å²) in [5.74, 6) is 0.102. The number of unbranched alkanes of at least 4 members (excludes halogenated alkanes) is 1. The Bertz CT molecular complexity index is 887. The van der Waals surface area contributed by atoms with Crippen LogP contribution in [0.3, 0.4) is 0 Å². The van der Waals surface area contributed by atoms with Gasteiger partial charge in [-0.3, -0.25) is 9.52 Å². The molecule has 3 rings (SSSR count). The van der Waals surface area contributed by atoms with E-state index in [9.17, 15) is 13.2 Å². The fourth-order valence-corrected chi connectivity index (χ4v) is 5.20. The maximum atomic E-state index is 12.7. The van der Waals surface area contributed by atoms with Gasteiger partial charge in [0.15, 0.2) is 5.13 Å². The largest absolute Gasteiger partial charge is 0.336 e. The number of likely N-dealkylation sites (N-methyl/N-ethyl adjacent to an activating group) is 1. The first-order chi connectivity index (χ1) is 12.4. The molecule has 0 saturated carbocycles. The Morgan fingerprint density at radius 3 is 2.69 bits per heavy atom. The lowest BCUT2D eigenvalue weighted by Gasteiger charge is -2.32. The molecule has 9 heteroatoms. The fraction of sp³-hybridized carbons (Fsp3) is 0.529. The number of carbonyl (C=O) groups excluding carboxylic acids is 1. The van der Waals surface area contributed by atoms with Gasteiger partial charge >= 0.3 is 0 Å². The molecule has 1 saturated heterocycles. The van der Waals surface area contributed by atoms with Crippen molar-refractivity contribution < 1.29 is 13.2 Å². The zero-order valence-electron chi connectivity index (χ0n) is 15.1. The van der Waals surface area contributed by atoms with Crippen molar-refractivity contribution in [2.24, 2.45) is 0 Å². The number of fused-ring (bicyclic) bond motifs is 1. The molecule has 1 aromatic carbocycles. The summed E-state index contributed by atoms with van der Waals surface area (Å²) in [5, 5.41) is 0.347. The van der Waals surface area contributed by atoms with E-state index in [0.717, 1.165) is 37.3 Å². The number of hydrogen-bond donors (Lipinski definition) is 1. The molecule has 0 spiro atoms. The summed E-state index contributed by atoms with van der Waals surface area (Å²) >= 11 is 1.26. The average Bonchev–Trinajstić information content (AvgIpc) is 3.00. The molecule has 2 heterocycles. The summed E-state index contributed by atoms with van der Waals surface area (Å²) in [6, 6.07) is 5.34.